The molecule has 0 saturated carbocycles. The van der Waals surface area contributed by atoms with Gasteiger partial charge in [0.2, 0.25) is 11.8 Å². The zero-order chi connectivity index (χ0) is 18.8. The molecule has 0 amide bonds. The van der Waals surface area contributed by atoms with Crippen molar-refractivity contribution < 1.29 is 9.15 Å². The maximum atomic E-state index is 12.1. The molecule has 8 nitrogen and oxygen atoms in total. The molecule has 1 aliphatic heterocycles. The maximum absolute atomic E-state index is 12.1. The van der Waals surface area contributed by atoms with Crippen LogP contribution in [-0.2, 0) is 11.3 Å². The molecule has 1 aromatic carbocycles. The number of aryl methyl sites for hydroxylation is 1. The van der Waals surface area contributed by atoms with Gasteiger partial charge in [0, 0.05) is 12.2 Å². The number of hydrogen-bond acceptors (Lipinski definition) is 7. The summed E-state index contributed by atoms with van der Waals surface area (Å²) in [6.45, 7) is 5.23. The highest BCUT2D eigenvalue weighted by Gasteiger charge is 2.23. The predicted molar refractivity (Wildman–Crippen MR) is 101 cm³/mol. The van der Waals surface area contributed by atoms with Crippen molar-refractivity contribution in [2.24, 2.45) is 0 Å². The lowest BCUT2D eigenvalue weighted by molar-refractivity contribution is 0.0941. The highest BCUT2D eigenvalue weighted by atomic mass is 32.2. The van der Waals surface area contributed by atoms with Crippen LogP contribution in [0.1, 0.15) is 36.5 Å². The standard InChI is InChI=1S/C18H21N5O3S/c1-11-5-7-13(8-6-11)16-20-19-15(26-16)12(2)27-18-22-21-17(24)23(18)10-14-4-3-9-25-14/h5-8,12,14H,3-4,9-10H2,1-2H3,(H,21,24). The molecule has 1 fully saturated rings. The highest BCUT2D eigenvalue weighted by molar-refractivity contribution is 7.99. The van der Waals surface area contributed by atoms with E-state index in [4.69, 9.17) is 9.15 Å². The van der Waals surface area contributed by atoms with Crippen LogP contribution in [0.5, 0.6) is 0 Å². The van der Waals surface area contributed by atoms with Crippen LogP contribution in [0, 0.1) is 6.92 Å². The molecule has 2 atom stereocenters. The third kappa shape index (κ3) is 3.98. The Morgan fingerprint density at radius 1 is 1.33 bits per heavy atom. The van der Waals surface area contributed by atoms with Crippen molar-refractivity contribution in [2.45, 2.75) is 49.7 Å². The first-order valence-electron chi connectivity index (χ1n) is 8.94. The summed E-state index contributed by atoms with van der Waals surface area (Å²) in [6.07, 6.45) is 2.05. The second-order valence-electron chi connectivity index (χ2n) is 6.63. The van der Waals surface area contributed by atoms with Crippen LogP contribution in [0.2, 0.25) is 0 Å². The first kappa shape index (κ1) is 18.0. The molecule has 2 unspecified atom stereocenters. The molecule has 3 aromatic rings. The second-order valence-corrected chi connectivity index (χ2v) is 7.94. The normalized spacial score (nSPS) is 18.1. The van der Waals surface area contributed by atoms with Crippen molar-refractivity contribution in [2.75, 3.05) is 6.61 Å². The second kappa shape index (κ2) is 7.69. The Balaban J connectivity index is 1.49. The summed E-state index contributed by atoms with van der Waals surface area (Å²) < 4.78 is 13.1. The number of thioether (sulfide) groups is 1. The Bertz CT molecular complexity index is 956. The van der Waals surface area contributed by atoms with Crippen molar-refractivity contribution in [3.63, 3.8) is 0 Å². The van der Waals surface area contributed by atoms with Crippen LogP contribution in [0.4, 0.5) is 0 Å². The fraction of sp³-hybridized carbons (Fsp3) is 0.444. The molecule has 1 saturated heterocycles. The zero-order valence-corrected chi connectivity index (χ0v) is 16.0. The Kier molecular flexibility index (Phi) is 5.13. The van der Waals surface area contributed by atoms with Gasteiger partial charge < -0.3 is 9.15 Å². The summed E-state index contributed by atoms with van der Waals surface area (Å²) in [6, 6.07) is 7.92. The number of rotatable bonds is 6. The molecule has 1 N–H and O–H groups in total. The number of ether oxygens (including phenoxy) is 1. The van der Waals surface area contributed by atoms with Crippen LogP contribution < -0.4 is 5.69 Å². The van der Waals surface area contributed by atoms with Crippen LogP contribution in [0.15, 0.2) is 38.6 Å². The van der Waals surface area contributed by atoms with Crippen LogP contribution >= 0.6 is 11.8 Å². The first-order chi connectivity index (χ1) is 13.1. The van der Waals surface area contributed by atoms with Gasteiger partial charge in [-0.05, 0) is 38.8 Å². The summed E-state index contributed by atoms with van der Waals surface area (Å²) in [4.78, 5) is 12.1. The van der Waals surface area contributed by atoms with Crippen LogP contribution in [0.3, 0.4) is 0 Å². The molecule has 1 aliphatic rings. The molecule has 2 aromatic heterocycles. The average molecular weight is 387 g/mol. The Labute approximate surface area is 160 Å². The van der Waals surface area contributed by atoms with E-state index in [1.807, 2.05) is 38.1 Å². The number of hydrogen-bond donors (Lipinski definition) is 1. The van der Waals surface area contributed by atoms with Gasteiger partial charge in [0.25, 0.3) is 0 Å². The fourth-order valence-corrected chi connectivity index (χ4v) is 3.86. The van der Waals surface area contributed by atoms with E-state index in [1.54, 1.807) is 4.57 Å². The van der Waals surface area contributed by atoms with E-state index >= 15 is 0 Å². The van der Waals surface area contributed by atoms with Gasteiger partial charge in [-0.25, -0.2) is 9.89 Å². The zero-order valence-electron chi connectivity index (χ0n) is 15.2. The lowest BCUT2D eigenvalue weighted by Gasteiger charge is -2.12. The molecular weight excluding hydrogens is 366 g/mol. The minimum atomic E-state index is -0.230. The van der Waals surface area contributed by atoms with E-state index in [0.29, 0.717) is 23.5 Å². The summed E-state index contributed by atoms with van der Waals surface area (Å²) in [5.74, 6) is 0.978. The van der Waals surface area contributed by atoms with Gasteiger partial charge in [0.15, 0.2) is 5.16 Å². The molecule has 0 spiro atoms. The minimum Gasteiger partial charge on any atom is -0.419 e. The molecule has 9 heteroatoms. The van der Waals surface area contributed by atoms with E-state index in [9.17, 15) is 4.79 Å². The topological polar surface area (TPSA) is 98.8 Å². The number of aromatic nitrogens is 5. The monoisotopic (exact) mass is 387 g/mol. The number of benzene rings is 1. The predicted octanol–water partition coefficient (Wildman–Crippen LogP) is 2.96. The van der Waals surface area contributed by atoms with Gasteiger partial charge >= 0.3 is 5.69 Å². The molecular formula is C18H21N5O3S. The number of nitrogens with one attached hydrogen (secondary N) is 1. The SMILES string of the molecule is Cc1ccc(-c2nnc(C(C)Sc3n[nH]c(=O)n3CC3CCCO3)o2)cc1. The van der Waals surface area contributed by atoms with Crippen molar-refractivity contribution in [1.29, 1.82) is 0 Å². The average Bonchev–Trinajstić information content (AvgIpc) is 3.40. The molecule has 27 heavy (non-hydrogen) atoms. The van der Waals surface area contributed by atoms with Crippen molar-refractivity contribution in [1.82, 2.24) is 25.0 Å². The Morgan fingerprint density at radius 3 is 2.89 bits per heavy atom. The summed E-state index contributed by atoms with van der Waals surface area (Å²) >= 11 is 1.41. The van der Waals surface area contributed by atoms with Gasteiger partial charge in [0.1, 0.15) is 0 Å². The van der Waals surface area contributed by atoms with Gasteiger partial charge in [-0.15, -0.1) is 15.3 Å². The van der Waals surface area contributed by atoms with Gasteiger partial charge in [-0.3, -0.25) is 4.57 Å². The van der Waals surface area contributed by atoms with Gasteiger partial charge in [-0.1, -0.05) is 29.5 Å². The van der Waals surface area contributed by atoms with Gasteiger partial charge in [0.05, 0.1) is 17.9 Å². The lowest BCUT2D eigenvalue weighted by Crippen LogP contribution is -2.25. The van der Waals surface area contributed by atoms with Crippen molar-refractivity contribution >= 4 is 11.8 Å². The number of nitrogens with zero attached hydrogens (tertiary/aromatic N) is 4. The molecule has 0 bridgehead atoms. The van der Waals surface area contributed by atoms with E-state index < -0.39 is 0 Å². The fourth-order valence-electron chi connectivity index (χ4n) is 2.97. The smallest absolute Gasteiger partial charge is 0.344 e. The molecule has 142 valence electrons. The van der Waals surface area contributed by atoms with Crippen molar-refractivity contribution in [3.8, 4) is 11.5 Å². The largest absolute Gasteiger partial charge is 0.419 e. The van der Waals surface area contributed by atoms with Crippen molar-refractivity contribution in [3.05, 3.63) is 46.2 Å². The quantitative estimate of drug-likeness (QED) is 0.649. The maximum Gasteiger partial charge on any atom is 0.344 e. The third-order valence-electron chi connectivity index (χ3n) is 4.50. The summed E-state index contributed by atoms with van der Waals surface area (Å²) in [5.41, 5.74) is 1.82. The number of H-pyrrole nitrogens is 1. The summed E-state index contributed by atoms with van der Waals surface area (Å²) in [7, 11) is 0. The van der Waals surface area contributed by atoms with E-state index in [1.165, 1.54) is 17.3 Å². The van der Waals surface area contributed by atoms with E-state index in [-0.39, 0.29) is 17.0 Å². The number of aromatic amines is 1. The van der Waals surface area contributed by atoms with Gasteiger partial charge in [-0.2, -0.15) is 0 Å². The molecule has 4 rings (SSSR count). The van der Waals surface area contributed by atoms with Crippen LogP contribution in [-0.4, -0.2) is 37.7 Å². The van der Waals surface area contributed by atoms with E-state index in [2.05, 4.69) is 20.4 Å². The Hall–Kier alpha value is -2.39. The minimum absolute atomic E-state index is 0.0616. The molecule has 0 radical (unpaired) electrons. The lowest BCUT2D eigenvalue weighted by atomic mass is 10.1. The highest BCUT2D eigenvalue weighted by Crippen LogP contribution is 2.34. The summed E-state index contributed by atoms with van der Waals surface area (Å²) in [5, 5.41) is 15.4. The first-order valence-corrected chi connectivity index (χ1v) is 9.82. The van der Waals surface area contributed by atoms with E-state index in [0.717, 1.165) is 25.0 Å². The third-order valence-corrected chi connectivity index (χ3v) is 5.58. The Morgan fingerprint density at radius 2 is 2.15 bits per heavy atom. The molecule has 3 heterocycles. The molecule has 0 aliphatic carbocycles. The van der Waals surface area contributed by atoms with Crippen LogP contribution in [0.25, 0.3) is 11.5 Å².